The summed E-state index contributed by atoms with van der Waals surface area (Å²) < 4.78 is 5.26. The van der Waals surface area contributed by atoms with Crippen LogP contribution in [0.2, 0.25) is 0 Å². The summed E-state index contributed by atoms with van der Waals surface area (Å²) in [6, 6.07) is 0. The van der Waals surface area contributed by atoms with Crippen LogP contribution in [-0.2, 0) is 11.3 Å². The van der Waals surface area contributed by atoms with Crippen molar-refractivity contribution < 1.29 is 9.53 Å². The van der Waals surface area contributed by atoms with E-state index in [1.54, 1.807) is 6.20 Å². The number of nitrogen functional groups attached to an aromatic ring is 1. The van der Waals surface area contributed by atoms with Crippen molar-refractivity contribution in [1.29, 1.82) is 0 Å². The van der Waals surface area contributed by atoms with Gasteiger partial charge in [0, 0.05) is 13.1 Å². The van der Waals surface area contributed by atoms with Gasteiger partial charge in [0.05, 0.1) is 26.0 Å². The summed E-state index contributed by atoms with van der Waals surface area (Å²) in [5.41, 5.74) is 2.10. The van der Waals surface area contributed by atoms with Crippen molar-refractivity contribution in [3.8, 4) is 0 Å². The number of amides is 1. The first-order valence-corrected chi connectivity index (χ1v) is 5.87. The number of hydrazine groups is 1. The number of hydrogen-bond donors (Lipinski definition) is 2. The number of carbonyl (C=O) groups excluding carboxylic acids is 1. The lowest BCUT2D eigenvalue weighted by molar-refractivity contribution is 0.0341. The van der Waals surface area contributed by atoms with Crippen LogP contribution in [0.15, 0.2) is 6.20 Å². The van der Waals surface area contributed by atoms with Crippen molar-refractivity contribution in [2.45, 2.75) is 6.54 Å². The topological polar surface area (TPSA) is 80.5 Å². The normalized spacial score (nSPS) is 17.3. The van der Waals surface area contributed by atoms with Crippen molar-refractivity contribution in [3.05, 3.63) is 16.1 Å². The maximum Gasteiger partial charge on any atom is 0.276 e. The summed E-state index contributed by atoms with van der Waals surface area (Å²) in [6.07, 6.45) is 1.56. The van der Waals surface area contributed by atoms with E-state index in [9.17, 15) is 4.79 Å². The van der Waals surface area contributed by atoms with E-state index in [1.807, 2.05) is 0 Å². The first kappa shape index (κ1) is 11.5. The van der Waals surface area contributed by atoms with Gasteiger partial charge in [0.1, 0.15) is 9.88 Å². The number of nitrogens with zero attached hydrogens (tertiary/aromatic N) is 2. The number of morpholine rings is 1. The Morgan fingerprint density at radius 1 is 1.62 bits per heavy atom. The summed E-state index contributed by atoms with van der Waals surface area (Å²) in [5.74, 6) is 4.76. The van der Waals surface area contributed by atoms with Crippen molar-refractivity contribution >= 4 is 17.2 Å². The van der Waals surface area contributed by atoms with Crippen LogP contribution in [-0.4, -0.2) is 42.1 Å². The second-order valence-corrected chi connectivity index (χ2v) is 4.60. The Balaban J connectivity index is 1.94. The Morgan fingerprint density at radius 2 is 2.38 bits per heavy atom. The lowest BCUT2D eigenvalue weighted by Gasteiger charge is -2.25. The molecule has 1 amide bonds. The number of thiazole rings is 1. The smallest absolute Gasteiger partial charge is 0.276 e. The summed E-state index contributed by atoms with van der Waals surface area (Å²) in [4.78, 5) is 18.2. The Bertz CT molecular complexity index is 362. The van der Waals surface area contributed by atoms with Crippen molar-refractivity contribution in [2.75, 3.05) is 26.3 Å². The van der Waals surface area contributed by atoms with Crippen LogP contribution in [0, 0.1) is 0 Å². The lowest BCUT2D eigenvalue weighted by Crippen LogP contribution is -2.35. The number of hydrogen-bond acceptors (Lipinski definition) is 6. The molecule has 1 fully saturated rings. The van der Waals surface area contributed by atoms with Gasteiger partial charge >= 0.3 is 0 Å². The number of nitrogens with one attached hydrogen (secondary N) is 1. The van der Waals surface area contributed by atoms with Gasteiger partial charge in [-0.15, -0.1) is 11.3 Å². The lowest BCUT2D eigenvalue weighted by atomic mass is 10.4. The molecule has 6 nitrogen and oxygen atoms in total. The molecule has 1 aromatic rings. The van der Waals surface area contributed by atoms with Crippen LogP contribution in [0.1, 0.15) is 14.7 Å². The number of ether oxygens (including phenoxy) is 1. The molecular weight excluding hydrogens is 228 g/mol. The first-order valence-electron chi connectivity index (χ1n) is 5.05. The molecule has 2 heterocycles. The zero-order valence-corrected chi connectivity index (χ0v) is 9.63. The molecular formula is C9H14N4O2S. The highest BCUT2D eigenvalue weighted by atomic mass is 32.1. The van der Waals surface area contributed by atoms with Gasteiger partial charge in [0.25, 0.3) is 5.91 Å². The second-order valence-electron chi connectivity index (χ2n) is 3.48. The fourth-order valence-electron chi connectivity index (χ4n) is 1.51. The van der Waals surface area contributed by atoms with Gasteiger partial charge in [-0.25, -0.2) is 10.8 Å². The highest BCUT2D eigenvalue weighted by Gasteiger charge is 2.14. The fraction of sp³-hybridized carbons (Fsp3) is 0.556. The van der Waals surface area contributed by atoms with Gasteiger partial charge in [0.15, 0.2) is 0 Å². The van der Waals surface area contributed by atoms with E-state index in [1.165, 1.54) is 11.3 Å². The van der Waals surface area contributed by atoms with Crippen LogP contribution < -0.4 is 11.3 Å². The average Bonchev–Trinajstić information content (AvgIpc) is 2.78. The third-order valence-electron chi connectivity index (χ3n) is 2.37. The summed E-state index contributed by atoms with van der Waals surface area (Å²) >= 11 is 1.37. The van der Waals surface area contributed by atoms with Crippen molar-refractivity contribution in [2.24, 2.45) is 5.84 Å². The molecule has 0 spiro atoms. The zero-order chi connectivity index (χ0) is 11.4. The van der Waals surface area contributed by atoms with Crippen LogP contribution >= 0.6 is 11.3 Å². The van der Waals surface area contributed by atoms with Gasteiger partial charge < -0.3 is 4.74 Å². The quantitative estimate of drug-likeness (QED) is 0.427. The second kappa shape index (κ2) is 5.35. The molecule has 0 saturated carbocycles. The third-order valence-corrected chi connectivity index (χ3v) is 3.35. The first-order chi connectivity index (χ1) is 7.79. The standard InChI is InChI=1S/C9H14N4O2S/c10-12-9(14)7-5-11-8(16-7)6-13-1-3-15-4-2-13/h5H,1-4,6,10H2,(H,12,14). The van der Waals surface area contributed by atoms with E-state index in [-0.39, 0.29) is 5.91 Å². The molecule has 1 saturated heterocycles. The van der Waals surface area contributed by atoms with E-state index in [0.717, 1.165) is 37.9 Å². The molecule has 0 bridgehead atoms. The minimum absolute atomic E-state index is 0.286. The Kier molecular flexibility index (Phi) is 3.83. The van der Waals surface area contributed by atoms with Gasteiger partial charge in [-0.2, -0.15) is 0 Å². The molecule has 0 atom stereocenters. The van der Waals surface area contributed by atoms with Gasteiger partial charge in [-0.1, -0.05) is 0 Å². The molecule has 1 aliphatic rings. The Hall–Kier alpha value is -1.02. The van der Waals surface area contributed by atoms with Crippen LogP contribution in [0.4, 0.5) is 0 Å². The summed E-state index contributed by atoms with van der Waals surface area (Å²) in [6.45, 7) is 4.13. The summed E-state index contributed by atoms with van der Waals surface area (Å²) in [5, 5.41) is 0.931. The molecule has 1 aliphatic heterocycles. The van der Waals surface area contributed by atoms with Crippen LogP contribution in [0.25, 0.3) is 0 Å². The SMILES string of the molecule is NNC(=O)c1cnc(CN2CCOCC2)s1. The van der Waals surface area contributed by atoms with Crippen LogP contribution in [0.3, 0.4) is 0 Å². The monoisotopic (exact) mass is 242 g/mol. The van der Waals surface area contributed by atoms with Gasteiger partial charge in [-0.05, 0) is 0 Å². The van der Waals surface area contributed by atoms with E-state index in [2.05, 4.69) is 15.3 Å². The zero-order valence-electron chi connectivity index (χ0n) is 8.81. The van der Waals surface area contributed by atoms with E-state index in [4.69, 9.17) is 10.6 Å². The minimum atomic E-state index is -0.286. The van der Waals surface area contributed by atoms with E-state index >= 15 is 0 Å². The minimum Gasteiger partial charge on any atom is -0.379 e. The van der Waals surface area contributed by atoms with Crippen molar-refractivity contribution in [1.82, 2.24) is 15.3 Å². The molecule has 2 rings (SSSR count). The van der Waals surface area contributed by atoms with Gasteiger partial charge in [-0.3, -0.25) is 15.1 Å². The number of carbonyl (C=O) groups is 1. The molecule has 3 N–H and O–H groups in total. The largest absolute Gasteiger partial charge is 0.379 e. The molecule has 0 aliphatic carbocycles. The summed E-state index contributed by atoms with van der Waals surface area (Å²) in [7, 11) is 0. The van der Waals surface area contributed by atoms with E-state index < -0.39 is 0 Å². The maximum atomic E-state index is 11.2. The molecule has 1 aromatic heterocycles. The number of nitrogens with two attached hydrogens (primary N) is 1. The highest BCUT2D eigenvalue weighted by molar-refractivity contribution is 7.13. The maximum absolute atomic E-state index is 11.2. The number of rotatable bonds is 3. The number of aromatic nitrogens is 1. The molecule has 0 radical (unpaired) electrons. The van der Waals surface area contributed by atoms with Gasteiger partial charge in [0.2, 0.25) is 0 Å². The average molecular weight is 242 g/mol. The Morgan fingerprint density at radius 3 is 3.06 bits per heavy atom. The molecule has 0 unspecified atom stereocenters. The highest BCUT2D eigenvalue weighted by Crippen LogP contribution is 2.15. The van der Waals surface area contributed by atoms with Crippen molar-refractivity contribution in [3.63, 3.8) is 0 Å². The van der Waals surface area contributed by atoms with E-state index in [0.29, 0.717) is 4.88 Å². The predicted octanol–water partition coefficient (Wildman–Crippen LogP) is -0.421. The Labute approximate surface area is 97.4 Å². The molecule has 16 heavy (non-hydrogen) atoms. The predicted molar refractivity (Wildman–Crippen MR) is 59.9 cm³/mol. The molecule has 88 valence electrons. The van der Waals surface area contributed by atoms with Crippen LogP contribution in [0.5, 0.6) is 0 Å². The molecule has 0 aromatic carbocycles. The molecule has 7 heteroatoms. The third kappa shape index (κ3) is 2.76. The fourth-order valence-corrected chi connectivity index (χ4v) is 2.37.